The van der Waals surface area contributed by atoms with Crippen molar-refractivity contribution in [1.29, 1.82) is 0 Å². The lowest BCUT2D eigenvalue weighted by atomic mass is 10.1. The predicted molar refractivity (Wildman–Crippen MR) is 79.6 cm³/mol. The van der Waals surface area contributed by atoms with Crippen molar-refractivity contribution in [2.24, 2.45) is 0 Å². The normalized spacial score (nSPS) is 10.8. The molecule has 0 aliphatic carbocycles. The van der Waals surface area contributed by atoms with Crippen molar-refractivity contribution < 1.29 is 19.4 Å². The molecule has 20 heavy (non-hydrogen) atoms. The summed E-state index contributed by atoms with van der Waals surface area (Å²) in [5, 5.41) is 8.47. The van der Waals surface area contributed by atoms with Crippen LogP contribution in [-0.2, 0) is 14.3 Å². The minimum absolute atomic E-state index is 0.148. The van der Waals surface area contributed by atoms with E-state index in [9.17, 15) is 9.59 Å². The van der Waals surface area contributed by atoms with Gasteiger partial charge in [0.05, 0.1) is 6.61 Å². The van der Waals surface area contributed by atoms with E-state index in [1.807, 2.05) is 0 Å². The third-order valence-electron chi connectivity index (χ3n) is 2.96. The van der Waals surface area contributed by atoms with Crippen LogP contribution in [0.4, 0.5) is 0 Å². The van der Waals surface area contributed by atoms with E-state index in [4.69, 9.17) is 9.84 Å². The van der Waals surface area contributed by atoms with Crippen molar-refractivity contribution in [1.82, 2.24) is 0 Å². The number of allylic oxidation sites excluding steroid dienone is 1. The molecule has 116 valence electrons. The molecule has 4 heteroatoms. The second kappa shape index (κ2) is 14.1. The highest BCUT2D eigenvalue weighted by Crippen LogP contribution is 2.06. The van der Waals surface area contributed by atoms with Crippen molar-refractivity contribution >= 4 is 11.9 Å². The Bertz CT molecular complexity index is 284. The third-order valence-corrected chi connectivity index (χ3v) is 2.96. The number of carbonyl (C=O) groups excluding carboxylic acids is 1. The van der Waals surface area contributed by atoms with Gasteiger partial charge in [-0.2, -0.15) is 0 Å². The summed E-state index contributed by atoms with van der Waals surface area (Å²) in [6.07, 6.45) is 12.4. The molecule has 0 unspecified atom stereocenters. The van der Waals surface area contributed by atoms with Crippen molar-refractivity contribution in [2.45, 2.75) is 71.1 Å². The molecular formula is C16H28O4. The molecule has 1 N–H and O–H groups in total. The fourth-order valence-corrected chi connectivity index (χ4v) is 1.77. The van der Waals surface area contributed by atoms with E-state index >= 15 is 0 Å². The highest BCUT2D eigenvalue weighted by atomic mass is 16.5. The molecule has 0 bridgehead atoms. The van der Waals surface area contributed by atoms with Crippen LogP contribution in [0.3, 0.4) is 0 Å². The first kappa shape index (κ1) is 18.7. The number of rotatable bonds is 13. The van der Waals surface area contributed by atoms with E-state index in [2.05, 4.69) is 19.1 Å². The molecule has 0 aromatic rings. The summed E-state index contributed by atoms with van der Waals surface area (Å²) in [6, 6.07) is 0. The number of unbranched alkanes of at least 4 members (excludes halogenated alkanes) is 5. The maximum atomic E-state index is 11.4. The van der Waals surface area contributed by atoms with Crippen LogP contribution in [-0.4, -0.2) is 23.7 Å². The van der Waals surface area contributed by atoms with E-state index in [1.165, 1.54) is 12.8 Å². The highest BCUT2D eigenvalue weighted by Gasteiger charge is 2.02. The summed E-state index contributed by atoms with van der Waals surface area (Å²) in [5.41, 5.74) is 0. The van der Waals surface area contributed by atoms with Crippen molar-refractivity contribution in [3.05, 3.63) is 12.2 Å². The predicted octanol–water partition coefficient (Wildman–Crippen LogP) is 4.09. The number of esters is 1. The van der Waals surface area contributed by atoms with Crippen LogP contribution in [0.25, 0.3) is 0 Å². The van der Waals surface area contributed by atoms with E-state index in [1.54, 1.807) is 0 Å². The molecule has 0 saturated carbocycles. The lowest BCUT2D eigenvalue weighted by Crippen LogP contribution is -2.05. The van der Waals surface area contributed by atoms with Crippen LogP contribution in [0.15, 0.2) is 12.2 Å². The minimum atomic E-state index is -0.753. The van der Waals surface area contributed by atoms with Gasteiger partial charge in [-0.25, -0.2) is 0 Å². The van der Waals surface area contributed by atoms with Gasteiger partial charge in [-0.3, -0.25) is 9.59 Å². The van der Waals surface area contributed by atoms with Gasteiger partial charge in [0.15, 0.2) is 0 Å². The van der Waals surface area contributed by atoms with Crippen molar-refractivity contribution in [2.75, 3.05) is 6.61 Å². The quantitative estimate of drug-likeness (QED) is 0.314. The summed E-state index contributed by atoms with van der Waals surface area (Å²) in [4.78, 5) is 21.7. The number of hydrogen-bond acceptors (Lipinski definition) is 3. The number of ether oxygens (including phenoxy) is 1. The van der Waals surface area contributed by atoms with Gasteiger partial charge in [0.25, 0.3) is 0 Å². The first-order chi connectivity index (χ1) is 9.66. The van der Waals surface area contributed by atoms with Crippen LogP contribution in [0.2, 0.25) is 0 Å². The molecule has 4 nitrogen and oxygen atoms in total. The van der Waals surface area contributed by atoms with Gasteiger partial charge >= 0.3 is 11.9 Å². The number of carbonyl (C=O) groups is 2. The molecule has 0 aromatic heterocycles. The van der Waals surface area contributed by atoms with Crippen molar-refractivity contribution in [3.8, 4) is 0 Å². The van der Waals surface area contributed by atoms with E-state index < -0.39 is 5.97 Å². The average molecular weight is 284 g/mol. The summed E-state index contributed by atoms with van der Waals surface area (Å²) >= 11 is 0. The zero-order valence-corrected chi connectivity index (χ0v) is 12.6. The lowest BCUT2D eigenvalue weighted by molar-refractivity contribution is -0.143. The smallest absolute Gasteiger partial charge is 0.305 e. The molecule has 0 radical (unpaired) electrons. The molecule has 0 rings (SSSR count). The molecule has 0 atom stereocenters. The Kier molecular flexibility index (Phi) is 13.2. The Balaban J connectivity index is 3.28. The zero-order chi connectivity index (χ0) is 15.1. The molecule has 0 aromatic carbocycles. The standard InChI is InChI=1S/C16H28O4/c1-2-3-4-5-8-11-14-20-16(19)13-10-7-6-9-12-15(17)18/h5,8H,2-4,6-7,9-14H2,1H3,(H,17,18)/b8-5-. The lowest BCUT2D eigenvalue weighted by Gasteiger charge is -2.03. The Morgan fingerprint density at radius 1 is 0.950 bits per heavy atom. The van der Waals surface area contributed by atoms with Crippen LogP contribution < -0.4 is 0 Å². The molecule has 0 aliphatic rings. The number of aliphatic carboxylic acids is 1. The van der Waals surface area contributed by atoms with Gasteiger partial charge < -0.3 is 9.84 Å². The first-order valence-corrected chi connectivity index (χ1v) is 7.69. The van der Waals surface area contributed by atoms with Gasteiger partial charge in [-0.05, 0) is 25.7 Å². The van der Waals surface area contributed by atoms with Crippen LogP contribution in [0.1, 0.15) is 71.1 Å². The van der Waals surface area contributed by atoms with E-state index in [0.717, 1.165) is 32.1 Å². The van der Waals surface area contributed by atoms with Crippen LogP contribution >= 0.6 is 0 Å². The van der Waals surface area contributed by atoms with Crippen LogP contribution in [0, 0.1) is 0 Å². The van der Waals surface area contributed by atoms with Crippen LogP contribution in [0.5, 0.6) is 0 Å². The third kappa shape index (κ3) is 14.7. The summed E-state index contributed by atoms with van der Waals surface area (Å²) in [7, 11) is 0. The van der Waals surface area contributed by atoms with E-state index in [0.29, 0.717) is 19.4 Å². The van der Waals surface area contributed by atoms with Gasteiger partial charge in [0.2, 0.25) is 0 Å². The first-order valence-electron chi connectivity index (χ1n) is 7.69. The van der Waals surface area contributed by atoms with Gasteiger partial charge in [0, 0.05) is 12.8 Å². The molecular weight excluding hydrogens is 256 g/mol. The number of carboxylic acid groups (broad SMARTS) is 1. The molecule has 0 fully saturated rings. The van der Waals surface area contributed by atoms with Crippen molar-refractivity contribution in [3.63, 3.8) is 0 Å². The largest absolute Gasteiger partial charge is 0.481 e. The molecule has 0 aliphatic heterocycles. The Labute approximate surface area is 122 Å². The molecule has 0 saturated heterocycles. The fraction of sp³-hybridized carbons (Fsp3) is 0.750. The maximum absolute atomic E-state index is 11.4. The SMILES string of the molecule is CCCC/C=C\CCOC(=O)CCCCCCC(=O)O. The average Bonchev–Trinajstić information content (AvgIpc) is 2.41. The Morgan fingerprint density at radius 2 is 1.60 bits per heavy atom. The molecule has 0 heterocycles. The Hall–Kier alpha value is -1.32. The maximum Gasteiger partial charge on any atom is 0.305 e. The number of hydrogen-bond donors (Lipinski definition) is 1. The second-order valence-corrected chi connectivity index (χ2v) is 4.93. The monoisotopic (exact) mass is 284 g/mol. The zero-order valence-electron chi connectivity index (χ0n) is 12.6. The van der Waals surface area contributed by atoms with E-state index in [-0.39, 0.29) is 12.4 Å². The topological polar surface area (TPSA) is 63.6 Å². The highest BCUT2D eigenvalue weighted by molar-refractivity contribution is 5.69. The minimum Gasteiger partial charge on any atom is -0.481 e. The molecule has 0 spiro atoms. The summed E-state index contributed by atoms with van der Waals surface area (Å²) in [5.74, 6) is -0.901. The summed E-state index contributed by atoms with van der Waals surface area (Å²) in [6.45, 7) is 2.62. The summed E-state index contributed by atoms with van der Waals surface area (Å²) < 4.78 is 5.11. The van der Waals surface area contributed by atoms with Gasteiger partial charge in [-0.1, -0.05) is 44.8 Å². The molecule has 0 amide bonds. The second-order valence-electron chi connectivity index (χ2n) is 4.93. The van der Waals surface area contributed by atoms with Gasteiger partial charge in [-0.15, -0.1) is 0 Å². The fourth-order valence-electron chi connectivity index (χ4n) is 1.77. The van der Waals surface area contributed by atoms with Gasteiger partial charge in [0.1, 0.15) is 0 Å². The Morgan fingerprint density at radius 3 is 2.25 bits per heavy atom. The number of carboxylic acids is 1.